The molecule has 1 aromatic carbocycles. The Labute approximate surface area is 145 Å². The summed E-state index contributed by atoms with van der Waals surface area (Å²) in [6.07, 6.45) is 3.42. The highest BCUT2D eigenvalue weighted by molar-refractivity contribution is 5.73. The molecule has 0 spiro atoms. The Balaban J connectivity index is 1.47. The van der Waals surface area contributed by atoms with Crippen LogP contribution in [0.2, 0.25) is 0 Å². The number of fused-ring (bicyclic) bond motifs is 1. The lowest BCUT2D eigenvalue weighted by molar-refractivity contribution is 0.173. The number of nitrogens with zero attached hydrogens (tertiary/aromatic N) is 3. The number of nitrogens with one attached hydrogen (secondary N) is 2. The standard InChI is InChI=1S/C17H22FN5O2/c18-13-7-5-12(6-8-13)14(24)10-19-17(25)20-11-16-22-21-15-4-2-1-3-9-23(15)16/h5-8,14,24H,1-4,9-11H2,(H2,19,20,25)/t14-/m0/s1. The van der Waals surface area contributed by atoms with Crippen LogP contribution in [0.3, 0.4) is 0 Å². The van der Waals surface area contributed by atoms with Crippen molar-refractivity contribution in [2.75, 3.05) is 6.54 Å². The van der Waals surface area contributed by atoms with Crippen LogP contribution < -0.4 is 10.6 Å². The Morgan fingerprint density at radius 1 is 1.20 bits per heavy atom. The molecule has 1 aliphatic heterocycles. The molecule has 134 valence electrons. The molecule has 7 nitrogen and oxygen atoms in total. The highest BCUT2D eigenvalue weighted by Crippen LogP contribution is 2.14. The molecule has 1 aromatic heterocycles. The highest BCUT2D eigenvalue weighted by atomic mass is 19.1. The second kappa shape index (κ2) is 8.06. The monoisotopic (exact) mass is 347 g/mol. The van der Waals surface area contributed by atoms with E-state index in [0.29, 0.717) is 5.56 Å². The van der Waals surface area contributed by atoms with Gasteiger partial charge in [-0.05, 0) is 30.5 Å². The fraction of sp³-hybridized carbons (Fsp3) is 0.471. The molecule has 0 fully saturated rings. The Morgan fingerprint density at radius 2 is 2.00 bits per heavy atom. The number of aromatic nitrogens is 3. The SMILES string of the molecule is O=C(NCc1nnc2n1CCCCC2)NC[C@H](O)c1ccc(F)cc1. The van der Waals surface area contributed by atoms with E-state index in [4.69, 9.17) is 0 Å². The molecule has 3 rings (SSSR count). The lowest BCUT2D eigenvalue weighted by atomic mass is 10.1. The largest absolute Gasteiger partial charge is 0.387 e. The van der Waals surface area contributed by atoms with Crippen LogP contribution in [0.4, 0.5) is 9.18 Å². The van der Waals surface area contributed by atoms with Crippen LogP contribution in [-0.2, 0) is 19.5 Å². The van der Waals surface area contributed by atoms with Crippen molar-refractivity contribution < 1.29 is 14.3 Å². The third kappa shape index (κ3) is 4.54. The van der Waals surface area contributed by atoms with Gasteiger partial charge in [-0.15, -0.1) is 10.2 Å². The fourth-order valence-corrected chi connectivity index (χ4v) is 2.89. The number of aliphatic hydroxyl groups excluding tert-OH is 1. The summed E-state index contributed by atoms with van der Waals surface area (Å²) in [5.41, 5.74) is 0.546. The summed E-state index contributed by atoms with van der Waals surface area (Å²) in [6.45, 7) is 1.20. The minimum atomic E-state index is -0.893. The van der Waals surface area contributed by atoms with Gasteiger partial charge in [0.2, 0.25) is 0 Å². The van der Waals surface area contributed by atoms with Crippen molar-refractivity contribution in [2.24, 2.45) is 0 Å². The van der Waals surface area contributed by atoms with Gasteiger partial charge in [0.15, 0.2) is 5.82 Å². The number of rotatable bonds is 5. The Hall–Kier alpha value is -2.48. The highest BCUT2D eigenvalue weighted by Gasteiger charge is 2.15. The summed E-state index contributed by atoms with van der Waals surface area (Å²) in [6, 6.07) is 5.13. The molecule has 2 heterocycles. The average Bonchev–Trinajstić information content (AvgIpc) is 2.85. The summed E-state index contributed by atoms with van der Waals surface area (Å²) in [5.74, 6) is 1.35. The lowest BCUT2D eigenvalue weighted by Gasteiger charge is -2.13. The zero-order valence-electron chi connectivity index (χ0n) is 13.9. The molecule has 2 amide bonds. The van der Waals surface area contributed by atoms with Crippen molar-refractivity contribution in [1.82, 2.24) is 25.4 Å². The summed E-state index contributed by atoms with van der Waals surface area (Å²) in [4.78, 5) is 11.9. The van der Waals surface area contributed by atoms with Gasteiger partial charge >= 0.3 is 6.03 Å². The minimum Gasteiger partial charge on any atom is -0.387 e. The summed E-state index contributed by atoms with van der Waals surface area (Å²) in [7, 11) is 0. The van der Waals surface area contributed by atoms with Gasteiger partial charge in [-0.2, -0.15) is 0 Å². The van der Waals surface area contributed by atoms with Crippen LogP contribution in [0.5, 0.6) is 0 Å². The number of benzene rings is 1. The Bertz CT molecular complexity index is 716. The van der Waals surface area contributed by atoms with Gasteiger partial charge in [-0.25, -0.2) is 9.18 Å². The predicted molar refractivity (Wildman–Crippen MR) is 89.2 cm³/mol. The van der Waals surface area contributed by atoms with Gasteiger partial charge in [0.1, 0.15) is 11.6 Å². The molecule has 8 heteroatoms. The first kappa shape index (κ1) is 17.3. The second-order valence-corrected chi connectivity index (χ2v) is 6.13. The molecule has 0 saturated carbocycles. The number of hydrogen-bond donors (Lipinski definition) is 3. The molecule has 0 radical (unpaired) electrons. The first-order valence-corrected chi connectivity index (χ1v) is 8.49. The maximum Gasteiger partial charge on any atom is 0.315 e. The van der Waals surface area contributed by atoms with E-state index in [0.717, 1.165) is 37.5 Å². The summed E-state index contributed by atoms with van der Waals surface area (Å²) < 4.78 is 14.9. The molecule has 1 aliphatic rings. The molecular formula is C17H22FN5O2. The third-order valence-electron chi connectivity index (χ3n) is 4.30. The zero-order valence-corrected chi connectivity index (χ0v) is 13.9. The van der Waals surface area contributed by atoms with Crippen molar-refractivity contribution in [2.45, 2.75) is 44.9 Å². The minimum absolute atomic E-state index is 0.0371. The lowest BCUT2D eigenvalue weighted by Crippen LogP contribution is -2.38. The van der Waals surface area contributed by atoms with Crippen LogP contribution in [0.15, 0.2) is 24.3 Å². The number of hydrogen-bond acceptors (Lipinski definition) is 4. The van der Waals surface area contributed by atoms with Crippen molar-refractivity contribution in [1.29, 1.82) is 0 Å². The molecular weight excluding hydrogens is 325 g/mol. The van der Waals surface area contributed by atoms with Gasteiger partial charge in [0.25, 0.3) is 0 Å². The number of carbonyl (C=O) groups excluding carboxylic acids is 1. The van der Waals surface area contributed by atoms with Crippen molar-refractivity contribution in [3.05, 3.63) is 47.3 Å². The molecule has 2 aromatic rings. The van der Waals surface area contributed by atoms with Crippen molar-refractivity contribution in [3.8, 4) is 0 Å². The molecule has 0 bridgehead atoms. The molecule has 1 atom stereocenters. The fourth-order valence-electron chi connectivity index (χ4n) is 2.89. The number of carbonyl (C=O) groups is 1. The molecule has 0 saturated heterocycles. The van der Waals surface area contributed by atoms with Crippen LogP contribution in [0.1, 0.15) is 42.6 Å². The van der Waals surface area contributed by atoms with Crippen LogP contribution in [-0.4, -0.2) is 32.4 Å². The van der Waals surface area contributed by atoms with E-state index in [9.17, 15) is 14.3 Å². The first-order chi connectivity index (χ1) is 12.1. The van der Waals surface area contributed by atoms with Gasteiger partial charge in [0.05, 0.1) is 12.6 Å². The van der Waals surface area contributed by atoms with Gasteiger partial charge < -0.3 is 20.3 Å². The van der Waals surface area contributed by atoms with Crippen molar-refractivity contribution >= 4 is 6.03 Å². The Morgan fingerprint density at radius 3 is 2.80 bits per heavy atom. The first-order valence-electron chi connectivity index (χ1n) is 8.49. The Kier molecular flexibility index (Phi) is 5.60. The van der Waals surface area contributed by atoms with Gasteiger partial charge in [-0.3, -0.25) is 0 Å². The van der Waals surface area contributed by atoms with Crippen LogP contribution in [0, 0.1) is 5.82 Å². The smallest absolute Gasteiger partial charge is 0.315 e. The van der Waals surface area contributed by atoms with E-state index < -0.39 is 12.1 Å². The number of amides is 2. The van der Waals surface area contributed by atoms with E-state index in [2.05, 4.69) is 25.4 Å². The summed E-state index contributed by atoms with van der Waals surface area (Å²) >= 11 is 0. The molecule has 0 aliphatic carbocycles. The van der Waals surface area contributed by atoms with Gasteiger partial charge in [-0.1, -0.05) is 18.6 Å². The van der Waals surface area contributed by atoms with E-state index in [1.165, 1.54) is 30.7 Å². The van der Waals surface area contributed by atoms with E-state index in [1.54, 1.807) is 0 Å². The summed E-state index contributed by atoms with van der Waals surface area (Å²) in [5, 5.41) is 23.7. The number of urea groups is 1. The van der Waals surface area contributed by atoms with Gasteiger partial charge in [0, 0.05) is 19.5 Å². The zero-order chi connectivity index (χ0) is 17.6. The number of aliphatic hydroxyl groups is 1. The average molecular weight is 347 g/mol. The number of aryl methyl sites for hydroxylation is 1. The third-order valence-corrected chi connectivity index (χ3v) is 4.30. The van der Waals surface area contributed by atoms with E-state index in [-0.39, 0.29) is 18.9 Å². The maximum absolute atomic E-state index is 12.9. The molecule has 3 N–H and O–H groups in total. The topological polar surface area (TPSA) is 92.1 Å². The maximum atomic E-state index is 12.9. The van der Waals surface area contributed by atoms with E-state index in [1.807, 2.05) is 0 Å². The molecule has 25 heavy (non-hydrogen) atoms. The van der Waals surface area contributed by atoms with E-state index >= 15 is 0 Å². The quantitative estimate of drug-likeness (QED) is 0.767. The molecule has 0 unspecified atom stereocenters. The normalized spacial score (nSPS) is 15.1. The van der Waals surface area contributed by atoms with Crippen LogP contribution in [0.25, 0.3) is 0 Å². The predicted octanol–water partition coefficient (Wildman–Crippen LogP) is 1.68. The number of halogens is 1. The second-order valence-electron chi connectivity index (χ2n) is 6.13. The van der Waals surface area contributed by atoms with Crippen molar-refractivity contribution in [3.63, 3.8) is 0 Å². The van der Waals surface area contributed by atoms with Crippen LogP contribution >= 0.6 is 0 Å².